The van der Waals surface area contributed by atoms with Crippen LogP contribution in [0.2, 0.25) is 0 Å². The lowest BCUT2D eigenvalue weighted by Gasteiger charge is -2.27. The number of rotatable bonds is 4. The Kier molecular flexibility index (Phi) is 4.66. The molecule has 2 aromatic carbocycles. The predicted octanol–water partition coefficient (Wildman–Crippen LogP) is 3.01. The molecule has 0 spiro atoms. The van der Waals surface area contributed by atoms with Gasteiger partial charge in [0.2, 0.25) is 11.6 Å². The van der Waals surface area contributed by atoms with Crippen LogP contribution in [-0.2, 0) is 26.3 Å². The number of ketones is 2. The Bertz CT molecular complexity index is 937. The molecule has 0 atom stereocenters. The van der Waals surface area contributed by atoms with Gasteiger partial charge in [-0.05, 0) is 18.1 Å². The summed E-state index contributed by atoms with van der Waals surface area (Å²) in [6.07, 6.45) is 0.650. The third-order valence-electron chi connectivity index (χ3n) is 4.44. The SMILES string of the molecule is CCc1ccc(C2(OC(C)=O)C(=O)c3ccccc3C2=O)c(OC(C)=O)c1. The molecule has 0 bridgehead atoms. The van der Waals surface area contributed by atoms with Crippen LogP contribution >= 0.6 is 0 Å². The van der Waals surface area contributed by atoms with Gasteiger partial charge in [-0.2, -0.15) is 0 Å². The Labute approximate surface area is 156 Å². The lowest BCUT2D eigenvalue weighted by Crippen LogP contribution is -2.43. The molecule has 0 fully saturated rings. The van der Waals surface area contributed by atoms with Gasteiger partial charge in [0.25, 0.3) is 5.60 Å². The quantitative estimate of drug-likeness (QED) is 0.470. The zero-order valence-electron chi connectivity index (χ0n) is 15.2. The highest BCUT2D eigenvalue weighted by atomic mass is 16.6. The Hall–Kier alpha value is -3.28. The van der Waals surface area contributed by atoms with E-state index in [0.29, 0.717) is 6.42 Å². The molecule has 0 heterocycles. The second-order valence-corrected chi connectivity index (χ2v) is 6.26. The van der Waals surface area contributed by atoms with E-state index < -0.39 is 29.1 Å². The van der Waals surface area contributed by atoms with Crippen molar-refractivity contribution in [1.29, 1.82) is 0 Å². The number of Topliss-reactive ketones (excluding diaryl/α,β-unsaturated/α-hetero) is 2. The van der Waals surface area contributed by atoms with Crippen molar-refractivity contribution in [2.45, 2.75) is 32.8 Å². The molecule has 6 heteroatoms. The lowest BCUT2D eigenvalue weighted by atomic mass is 9.86. The summed E-state index contributed by atoms with van der Waals surface area (Å²) < 4.78 is 10.6. The molecule has 0 unspecified atom stereocenters. The highest BCUT2D eigenvalue weighted by Crippen LogP contribution is 2.44. The van der Waals surface area contributed by atoms with Crippen LogP contribution in [0, 0.1) is 0 Å². The fourth-order valence-electron chi connectivity index (χ4n) is 3.29. The largest absolute Gasteiger partial charge is 0.437 e. The van der Waals surface area contributed by atoms with Crippen molar-refractivity contribution in [3.63, 3.8) is 0 Å². The molecule has 0 aliphatic heterocycles. The van der Waals surface area contributed by atoms with Crippen molar-refractivity contribution >= 4 is 23.5 Å². The van der Waals surface area contributed by atoms with Gasteiger partial charge in [-0.3, -0.25) is 19.2 Å². The maximum absolute atomic E-state index is 13.2. The molecule has 6 nitrogen and oxygen atoms in total. The van der Waals surface area contributed by atoms with Gasteiger partial charge in [-0.25, -0.2) is 0 Å². The zero-order chi connectivity index (χ0) is 19.8. The molecule has 0 radical (unpaired) electrons. The second kappa shape index (κ2) is 6.79. The molecule has 2 aromatic rings. The number of ether oxygens (including phenoxy) is 2. The number of carbonyl (C=O) groups excluding carboxylic acids is 4. The van der Waals surface area contributed by atoms with Crippen molar-refractivity contribution in [3.8, 4) is 5.75 Å². The van der Waals surface area contributed by atoms with Gasteiger partial charge in [0.15, 0.2) is 0 Å². The van der Waals surface area contributed by atoms with E-state index >= 15 is 0 Å². The molecule has 0 saturated heterocycles. The van der Waals surface area contributed by atoms with Gasteiger partial charge in [-0.15, -0.1) is 0 Å². The van der Waals surface area contributed by atoms with E-state index in [4.69, 9.17) is 9.47 Å². The number of fused-ring (bicyclic) bond motifs is 1. The number of hydrogen-bond acceptors (Lipinski definition) is 6. The van der Waals surface area contributed by atoms with E-state index in [-0.39, 0.29) is 22.4 Å². The van der Waals surface area contributed by atoms with Crippen LogP contribution in [0.25, 0.3) is 0 Å². The number of hydrogen-bond donors (Lipinski definition) is 0. The monoisotopic (exact) mass is 366 g/mol. The standard InChI is InChI=1S/C21H18O6/c1-4-14-9-10-17(18(11-14)26-12(2)22)21(27-13(3)23)19(24)15-7-5-6-8-16(15)20(21)25/h5-11H,4H2,1-3H3. The smallest absolute Gasteiger partial charge is 0.308 e. The van der Waals surface area contributed by atoms with Crippen LogP contribution < -0.4 is 4.74 Å². The summed E-state index contributed by atoms with van der Waals surface area (Å²) in [6.45, 7) is 4.25. The highest BCUT2D eigenvalue weighted by molar-refractivity contribution is 6.32. The number of carbonyl (C=O) groups is 4. The first-order valence-electron chi connectivity index (χ1n) is 8.51. The average Bonchev–Trinajstić information content (AvgIpc) is 2.83. The van der Waals surface area contributed by atoms with Crippen LogP contribution in [-0.4, -0.2) is 23.5 Å². The third kappa shape index (κ3) is 2.93. The molecular formula is C21H18O6. The first kappa shape index (κ1) is 18.5. The summed E-state index contributed by atoms with van der Waals surface area (Å²) in [7, 11) is 0. The molecule has 1 aliphatic carbocycles. The maximum Gasteiger partial charge on any atom is 0.308 e. The van der Waals surface area contributed by atoms with Gasteiger partial charge in [-0.1, -0.05) is 43.3 Å². The summed E-state index contributed by atoms with van der Waals surface area (Å²) >= 11 is 0. The molecule has 0 saturated carbocycles. The van der Waals surface area contributed by atoms with Crippen LogP contribution in [0.1, 0.15) is 52.6 Å². The summed E-state index contributed by atoms with van der Waals surface area (Å²) in [5, 5.41) is 0. The van der Waals surface area contributed by atoms with E-state index in [1.807, 2.05) is 6.92 Å². The zero-order valence-corrected chi connectivity index (χ0v) is 15.2. The lowest BCUT2D eigenvalue weighted by molar-refractivity contribution is -0.149. The van der Waals surface area contributed by atoms with Crippen molar-refractivity contribution < 1.29 is 28.7 Å². The molecule has 3 rings (SSSR count). The molecule has 0 aromatic heterocycles. The van der Waals surface area contributed by atoms with Crippen molar-refractivity contribution in [2.75, 3.05) is 0 Å². The Morgan fingerprint density at radius 3 is 2.00 bits per heavy atom. The van der Waals surface area contributed by atoms with E-state index in [1.165, 1.54) is 25.1 Å². The molecule has 138 valence electrons. The van der Waals surface area contributed by atoms with Gasteiger partial charge in [0, 0.05) is 25.0 Å². The van der Waals surface area contributed by atoms with E-state index in [2.05, 4.69) is 0 Å². The average molecular weight is 366 g/mol. The van der Waals surface area contributed by atoms with Crippen LogP contribution in [0.3, 0.4) is 0 Å². The number of aryl methyl sites for hydroxylation is 1. The van der Waals surface area contributed by atoms with Crippen molar-refractivity contribution in [1.82, 2.24) is 0 Å². The Balaban J connectivity index is 2.30. The molecule has 1 aliphatic rings. The number of esters is 2. The summed E-state index contributed by atoms with van der Waals surface area (Å²) in [6, 6.07) is 11.0. The van der Waals surface area contributed by atoms with Gasteiger partial charge in [0.05, 0.1) is 5.56 Å². The van der Waals surface area contributed by atoms with Crippen molar-refractivity contribution in [2.24, 2.45) is 0 Å². The second-order valence-electron chi connectivity index (χ2n) is 6.26. The molecular weight excluding hydrogens is 348 g/mol. The van der Waals surface area contributed by atoms with Gasteiger partial charge < -0.3 is 9.47 Å². The number of benzene rings is 2. The van der Waals surface area contributed by atoms with Gasteiger partial charge in [0.1, 0.15) is 5.75 Å². The Morgan fingerprint density at radius 1 is 0.926 bits per heavy atom. The normalized spacial score (nSPS) is 14.6. The fraction of sp³-hybridized carbons (Fsp3) is 0.238. The molecule has 0 N–H and O–H groups in total. The van der Waals surface area contributed by atoms with Crippen LogP contribution in [0.4, 0.5) is 0 Å². The first-order valence-corrected chi connectivity index (χ1v) is 8.51. The summed E-state index contributed by atoms with van der Waals surface area (Å²) in [5.74, 6) is -2.69. The van der Waals surface area contributed by atoms with Crippen LogP contribution in [0.5, 0.6) is 5.75 Å². The first-order chi connectivity index (χ1) is 12.8. The minimum atomic E-state index is -2.20. The maximum atomic E-state index is 13.2. The topological polar surface area (TPSA) is 86.7 Å². The minimum Gasteiger partial charge on any atom is -0.437 e. The molecule has 27 heavy (non-hydrogen) atoms. The van der Waals surface area contributed by atoms with Crippen molar-refractivity contribution in [3.05, 3.63) is 64.7 Å². The summed E-state index contributed by atoms with van der Waals surface area (Å²) in [5.41, 5.74) is -0.999. The van der Waals surface area contributed by atoms with E-state index in [9.17, 15) is 19.2 Å². The molecule has 0 amide bonds. The minimum absolute atomic E-state index is 0.0256. The summed E-state index contributed by atoms with van der Waals surface area (Å²) in [4.78, 5) is 49.9. The predicted molar refractivity (Wildman–Crippen MR) is 95.7 cm³/mol. The van der Waals surface area contributed by atoms with E-state index in [0.717, 1.165) is 12.5 Å². The highest BCUT2D eigenvalue weighted by Gasteiger charge is 2.58. The Morgan fingerprint density at radius 2 is 1.52 bits per heavy atom. The van der Waals surface area contributed by atoms with Crippen LogP contribution in [0.15, 0.2) is 42.5 Å². The third-order valence-corrected chi connectivity index (χ3v) is 4.44. The fourth-order valence-corrected chi connectivity index (χ4v) is 3.29. The van der Waals surface area contributed by atoms with E-state index in [1.54, 1.807) is 24.3 Å². The van der Waals surface area contributed by atoms with Gasteiger partial charge >= 0.3 is 11.9 Å².